The topological polar surface area (TPSA) is 88.2 Å². The molecule has 0 aromatic heterocycles. The van der Waals surface area contributed by atoms with Crippen molar-refractivity contribution >= 4 is 21.6 Å². The molecule has 0 aliphatic carbocycles. The van der Waals surface area contributed by atoms with Crippen molar-refractivity contribution in [3.05, 3.63) is 18.2 Å². The minimum Gasteiger partial charge on any atom is -0.489 e. The highest BCUT2D eigenvalue weighted by Gasteiger charge is 2.27. The number of nitrogens with zero attached hydrogens (tertiary/aromatic N) is 2. The quantitative estimate of drug-likeness (QED) is 0.701. The molecule has 0 unspecified atom stereocenters. The van der Waals surface area contributed by atoms with E-state index in [2.05, 4.69) is 10.2 Å². The number of hydrogen-bond acceptors (Lipinski definition) is 6. The average molecular weight is 440 g/mol. The Morgan fingerprint density at radius 1 is 1.10 bits per heavy atom. The van der Waals surface area contributed by atoms with Crippen LogP contribution in [0, 0.1) is 0 Å². The molecule has 0 bridgehead atoms. The fraction of sp³-hybridized carbons (Fsp3) is 0.667. The van der Waals surface area contributed by atoms with Crippen LogP contribution < -0.4 is 10.1 Å². The van der Waals surface area contributed by atoms with E-state index in [1.165, 1.54) is 29.3 Å². The maximum atomic E-state index is 13.0. The van der Waals surface area contributed by atoms with Gasteiger partial charge in [0.2, 0.25) is 15.9 Å². The molecule has 2 saturated heterocycles. The summed E-state index contributed by atoms with van der Waals surface area (Å²) in [7, 11) is -3.66. The molecule has 2 heterocycles. The number of likely N-dealkylation sites (tertiary alicyclic amines) is 1. The van der Waals surface area contributed by atoms with Crippen LogP contribution in [0.3, 0.4) is 0 Å². The Morgan fingerprint density at radius 2 is 1.77 bits per heavy atom. The summed E-state index contributed by atoms with van der Waals surface area (Å²) in [4.78, 5) is 15.0. The van der Waals surface area contributed by atoms with Crippen molar-refractivity contribution in [2.24, 2.45) is 0 Å². The first-order chi connectivity index (χ1) is 14.4. The van der Waals surface area contributed by atoms with Crippen LogP contribution in [0.2, 0.25) is 0 Å². The number of morpholine rings is 1. The van der Waals surface area contributed by atoms with Gasteiger partial charge in [0.1, 0.15) is 5.75 Å². The SMILES string of the molecule is CC(C)Oc1ccc(S(=O)(=O)N2CCOCC2)cc1NC(=O)CN1CCCCCC1. The fourth-order valence-corrected chi connectivity index (χ4v) is 5.18. The fourth-order valence-electron chi connectivity index (χ4n) is 3.75. The summed E-state index contributed by atoms with van der Waals surface area (Å²) >= 11 is 0. The predicted molar refractivity (Wildman–Crippen MR) is 115 cm³/mol. The van der Waals surface area contributed by atoms with Crippen LogP contribution in [0.25, 0.3) is 0 Å². The molecular formula is C21H33N3O5S. The van der Waals surface area contributed by atoms with Crippen molar-refractivity contribution in [3.8, 4) is 5.75 Å². The van der Waals surface area contributed by atoms with Gasteiger partial charge in [0, 0.05) is 13.1 Å². The Bertz CT molecular complexity index is 814. The zero-order chi connectivity index (χ0) is 21.6. The molecular weight excluding hydrogens is 406 g/mol. The summed E-state index contributed by atoms with van der Waals surface area (Å²) in [6, 6.07) is 4.66. The van der Waals surface area contributed by atoms with E-state index in [1.807, 2.05) is 13.8 Å². The second-order valence-electron chi connectivity index (χ2n) is 8.08. The number of ether oxygens (including phenoxy) is 2. The third kappa shape index (κ3) is 6.16. The zero-order valence-corrected chi connectivity index (χ0v) is 18.7. The van der Waals surface area contributed by atoms with E-state index in [1.54, 1.807) is 6.07 Å². The smallest absolute Gasteiger partial charge is 0.243 e. The number of carbonyl (C=O) groups excluding carboxylic acids is 1. The van der Waals surface area contributed by atoms with Crippen LogP contribution in [0.1, 0.15) is 39.5 Å². The monoisotopic (exact) mass is 439 g/mol. The minimum absolute atomic E-state index is 0.104. The first kappa shape index (κ1) is 23.0. The number of benzene rings is 1. The van der Waals surface area contributed by atoms with Crippen LogP contribution in [-0.4, -0.2) is 75.6 Å². The number of nitrogens with one attached hydrogen (secondary N) is 1. The normalized spacial score (nSPS) is 19.4. The first-order valence-corrected chi connectivity index (χ1v) is 12.2. The van der Waals surface area contributed by atoms with Gasteiger partial charge in [-0.3, -0.25) is 9.69 Å². The molecule has 1 aromatic rings. The molecule has 9 heteroatoms. The molecule has 0 saturated carbocycles. The van der Waals surface area contributed by atoms with Crippen molar-refractivity contribution in [2.45, 2.75) is 50.5 Å². The Kier molecular flexibility index (Phi) is 8.10. The van der Waals surface area contributed by atoms with Gasteiger partial charge in [-0.15, -0.1) is 0 Å². The maximum Gasteiger partial charge on any atom is 0.243 e. The number of amides is 1. The van der Waals surface area contributed by atoms with Gasteiger partial charge in [-0.05, 0) is 58.0 Å². The van der Waals surface area contributed by atoms with E-state index >= 15 is 0 Å². The average Bonchev–Trinajstić information content (AvgIpc) is 2.98. The van der Waals surface area contributed by atoms with Crippen molar-refractivity contribution < 1.29 is 22.7 Å². The van der Waals surface area contributed by atoms with Crippen molar-refractivity contribution in [3.63, 3.8) is 0 Å². The number of hydrogen-bond donors (Lipinski definition) is 1. The van der Waals surface area contributed by atoms with Gasteiger partial charge in [0.05, 0.1) is 36.4 Å². The Morgan fingerprint density at radius 3 is 2.40 bits per heavy atom. The largest absolute Gasteiger partial charge is 0.489 e. The highest BCUT2D eigenvalue weighted by molar-refractivity contribution is 7.89. The second-order valence-corrected chi connectivity index (χ2v) is 10.0. The van der Waals surface area contributed by atoms with Crippen LogP contribution in [0.15, 0.2) is 23.1 Å². The van der Waals surface area contributed by atoms with Gasteiger partial charge in [0.25, 0.3) is 0 Å². The number of anilines is 1. The number of carbonyl (C=O) groups is 1. The molecule has 2 fully saturated rings. The molecule has 2 aliphatic heterocycles. The third-order valence-electron chi connectivity index (χ3n) is 5.26. The zero-order valence-electron chi connectivity index (χ0n) is 17.9. The summed E-state index contributed by atoms with van der Waals surface area (Å²) in [6.07, 6.45) is 4.50. The van der Waals surface area contributed by atoms with Gasteiger partial charge < -0.3 is 14.8 Å². The highest BCUT2D eigenvalue weighted by atomic mass is 32.2. The molecule has 0 spiro atoms. The Balaban J connectivity index is 1.79. The van der Waals surface area contributed by atoms with E-state index in [4.69, 9.17) is 9.47 Å². The molecule has 1 N–H and O–H groups in total. The summed E-state index contributed by atoms with van der Waals surface area (Å²) in [5.41, 5.74) is 0.387. The molecule has 3 rings (SSSR count). The van der Waals surface area contributed by atoms with E-state index < -0.39 is 10.0 Å². The summed E-state index contributed by atoms with van der Waals surface area (Å²) < 4.78 is 38.5. The van der Waals surface area contributed by atoms with Crippen LogP contribution in [0.4, 0.5) is 5.69 Å². The summed E-state index contributed by atoms with van der Waals surface area (Å²) in [5, 5.41) is 2.89. The van der Waals surface area contributed by atoms with Crippen LogP contribution in [0.5, 0.6) is 5.75 Å². The lowest BCUT2D eigenvalue weighted by Crippen LogP contribution is -2.40. The summed E-state index contributed by atoms with van der Waals surface area (Å²) in [6.45, 7) is 7.30. The molecule has 2 aliphatic rings. The molecule has 168 valence electrons. The van der Waals surface area contributed by atoms with E-state index in [0.717, 1.165) is 25.9 Å². The standard InChI is InChI=1S/C21H33N3O5S/c1-17(2)29-20-8-7-18(30(26,27)24-11-13-28-14-12-24)15-19(20)22-21(25)16-23-9-5-3-4-6-10-23/h7-8,15,17H,3-6,9-14,16H2,1-2H3,(H,22,25). The molecule has 30 heavy (non-hydrogen) atoms. The summed E-state index contributed by atoms with van der Waals surface area (Å²) in [5.74, 6) is 0.307. The molecule has 0 radical (unpaired) electrons. The lowest BCUT2D eigenvalue weighted by molar-refractivity contribution is -0.117. The maximum absolute atomic E-state index is 13.0. The van der Waals surface area contributed by atoms with Gasteiger partial charge in [-0.25, -0.2) is 8.42 Å². The second kappa shape index (κ2) is 10.6. The van der Waals surface area contributed by atoms with Gasteiger partial charge in [-0.2, -0.15) is 4.31 Å². The van der Waals surface area contributed by atoms with E-state index in [9.17, 15) is 13.2 Å². The molecule has 1 aromatic carbocycles. The lowest BCUT2D eigenvalue weighted by Gasteiger charge is -2.26. The van der Waals surface area contributed by atoms with Crippen molar-refractivity contribution in [1.29, 1.82) is 0 Å². The van der Waals surface area contributed by atoms with Gasteiger partial charge in [-0.1, -0.05) is 12.8 Å². The van der Waals surface area contributed by atoms with Crippen LogP contribution in [-0.2, 0) is 19.6 Å². The highest BCUT2D eigenvalue weighted by Crippen LogP contribution is 2.30. The number of rotatable bonds is 7. The lowest BCUT2D eigenvalue weighted by atomic mass is 10.2. The Hall–Kier alpha value is -1.68. The van der Waals surface area contributed by atoms with E-state index in [-0.39, 0.29) is 16.9 Å². The predicted octanol–water partition coefficient (Wildman–Crippen LogP) is 2.31. The van der Waals surface area contributed by atoms with E-state index in [0.29, 0.717) is 44.3 Å². The molecule has 1 amide bonds. The van der Waals surface area contributed by atoms with Crippen molar-refractivity contribution in [1.82, 2.24) is 9.21 Å². The molecule has 8 nitrogen and oxygen atoms in total. The first-order valence-electron chi connectivity index (χ1n) is 10.8. The number of sulfonamides is 1. The van der Waals surface area contributed by atoms with Crippen molar-refractivity contribution in [2.75, 3.05) is 51.3 Å². The van der Waals surface area contributed by atoms with Crippen LogP contribution >= 0.6 is 0 Å². The molecule has 0 atom stereocenters. The minimum atomic E-state index is -3.66. The Labute approximate surface area is 179 Å². The van der Waals surface area contributed by atoms with Gasteiger partial charge in [0.15, 0.2) is 0 Å². The van der Waals surface area contributed by atoms with Gasteiger partial charge >= 0.3 is 0 Å². The third-order valence-corrected chi connectivity index (χ3v) is 7.16.